The van der Waals surface area contributed by atoms with Crippen molar-refractivity contribution in [2.75, 3.05) is 19.9 Å². The maximum Gasteiger partial charge on any atom is 0.573 e. The van der Waals surface area contributed by atoms with Gasteiger partial charge >= 0.3 is 12.5 Å². The van der Waals surface area contributed by atoms with E-state index in [-0.39, 0.29) is 5.75 Å². The van der Waals surface area contributed by atoms with Crippen molar-refractivity contribution in [3.05, 3.63) is 42.2 Å². The topological polar surface area (TPSA) is 86.6 Å². The smallest absolute Gasteiger partial charge is 0.444 e. The fourth-order valence-electron chi connectivity index (χ4n) is 3.91. The Labute approximate surface area is 200 Å². The normalized spacial score (nSPS) is 16.8. The number of carbonyl (C=O) groups is 1. The lowest BCUT2D eigenvalue weighted by molar-refractivity contribution is -0.274. The number of carbonyl (C=O) groups excluding carboxylic acids is 1. The van der Waals surface area contributed by atoms with Gasteiger partial charge in [0.15, 0.2) is 5.65 Å². The van der Waals surface area contributed by atoms with E-state index in [4.69, 9.17) is 9.84 Å². The van der Waals surface area contributed by atoms with Crippen LogP contribution >= 0.6 is 7.14 Å². The number of halogens is 3. The number of nitrogens with zero attached hydrogens (tertiary/aromatic N) is 4. The fraction of sp³-hybridized carbons (Fsp3) is 0.435. The van der Waals surface area contributed by atoms with Gasteiger partial charge in [0.2, 0.25) is 0 Å². The lowest BCUT2D eigenvalue weighted by atomic mass is 9.98. The minimum absolute atomic E-state index is 0.367. The molecule has 1 atom stereocenters. The van der Waals surface area contributed by atoms with Crippen molar-refractivity contribution in [1.29, 1.82) is 0 Å². The Bertz CT molecular complexity index is 1310. The van der Waals surface area contributed by atoms with Gasteiger partial charge in [0, 0.05) is 18.0 Å². The molecule has 1 amide bonds. The molecule has 35 heavy (non-hydrogen) atoms. The summed E-state index contributed by atoms with van der Waals surface area (Å²) >= 11 is 0. The quantitative estimate of drug-likeness (QED) is 0.446. The van der Waals surface area contributed by atoms with Crippen molar-refractivity contribution in [3.63, 3.8) is 0 Å². The molecule has 0 aliphatic carbocycles. The molecular formula is C23H26F3N4O4P. The SMILES string of the molecule is CC(C)(C)OC(=O)N1CCC1c1nn(-c2ccc(OC(F)(F)F)cc2)c2nccc(P(C)(C)=O)c12. The number of hydrogen-bond donors (Lipinski definition) is 0. The predicted molar refractivity (Wildman–Crippen MR) is 125 cm³/mol. The van der Waals surface area contributed by atoms with Gasteiger partial charge in [-0.25, -0.2) is 14.5 Å². The summed E-state index contributed by atoms with van der Waals surface area (Å²) in [5.74, 6) is -0.367. The van der Waals surface area contributed by atoms with Crippen LogP contribution in [0.15, 0.2) is 36.5 Å². The van der Waals surface area contributed by atoms with Crippen LogP contribution in [0.25, 0.3) is 16.7 Å². The Kier molecular flexibility index (Phi) is 6.12. The Hall–Kier alpha value is -3.07. The molecule has 1 unspecified atom stereocenters. The third kappa shape index (κ3) is 5.29. The molecule has 188 valence electrons. The molecule has 12 heteroatoms. The number of benzene rings is 1. The third-order valence-electron chi connectivity index (χ3n) is 5.43. The molecule has 0 bridgehead atoms. The molecule has 0 radical (unpaired) electrons. The van der Waals surface area contributed by atoms with Gasteiger partial charge in [0.1, 0.15) is 18.5 Å². The summed E-state index contributed by atoms with van der Waals surface area (Å²) < 4.78 is 61.8. The van der Waals surface area contributed by atoms with Gasteiger partial charge in [-0.2, -0.15) is 5.10 Å². The largest absolute Gasteiger partial charge is 0.573 e. The van der Waals surface area contributed by atoms with Crippen LogP contribution in [0.3, 0.4) is 0 Å². The second kappa shape index (κ2) is 8.55. The highest BCUT2D eigenvalue weighted by Gasteiger charge is 2.40. The fourth-order valence-corrected chi connectivity index (χ4v) is 5.09. The van der Waals surface area contributed by atoms with Crippen LogP contribution in [0.4, 0.5) is 18.0 Å². The van der Waals surface area contributed by atoms with Crippen LogP contribution in [-0.4, -0.2) is 57.6 Å². The monoisotopic (exact) mass is 510 g/mol. The molecule has 1 aromatic carbocycles. The van der Waals surface area contributed by atoms with E-state index in [1.165, 1.54) is 35.1 Å². The number of ether oxygens (including phenoxy) is 2. The zero-order chi connectivity index (χ0) is 25.8. The maximum atomic E-state index is 13.1. The van der Waals surface area contributed by atoms with Crippen LogP contribution in [0, 0.1) is 0 Å². The van der Waals surface area contributed by atoms with Crippen LogP contribution < -0.4 is 10.0 Å². The molecule has 3 aromatic rings. The molecular weight excluding hydrogens is 484 g/mol. The molecule has 1 aliphatic heterocycles. The number of pyridine rings is 1. The summed E-state index contributed by atoms with van der Waals surface area (Å²) in [5, 5.41) is 5.84. The van der Waals surface area contributed by atoms with Gasteiger partial charge in [-0.3, -0.25) is 4.90 Å². The number of alkyl halides is 3. The maximum absolute atomic E-state index is 13.1. The van der Waals surface area contributed by atoms with Crippen molar-refractivity contribution < 1.29 is 32.0 Å². The van der Waals surface area contributed by atoms with E-state index in [0.717, 1.165) is 0 Å². The second-order valence-electron chi connectivity index (χ2n) is 9.70. The van der Waals surface area contributed by atoms with Gasteiger partial charge in [-0.15, -0.1) is 13.2 Å². The van der Waals surface area contributed by atoms with Gasteiger partial charge in [-0.05, 0) is 70.9 Å². The summed E-state index contributed by atoms with van der Waals surface area (Å²) in [7, 11) is -2.78. The summed E-state index contributed by atoms with van der Waals surface area (Å²) in [4.78, 5) is 18.8. The minimum Gasteiger partial charge on any atom is -0.444 e. The summed E-state index contributed by atoms with van der Waals surface area (Å²) in [6.07, 6.45) is -3.14. The van der Waals surface area contributed by atoms with E-state index in [1.54, 1.807) is 45.1 Å². The molecule has 1 fully saturated rings. The highest BCUT2D eigenvalue weighted by molar-refractivity contribution is 7.70. The zero-order valence-corrected chi connectivity index (χ0v) is 20.9. The number of fused-ring (bicyclic) bond motifs is 1. The third-order valence-corrected chi connectivity index (χ3v) is 6.96. The molecule has 1 aliphatic rings. The van der Waals surface area contributed by atoms with E-state index in [9.17, 15) is 22.5 Å². The highest BCUT2D eigenvalue weighted by Crippen LogP contribution is 2.43. The molecule has 4 rings (SSSR count). The van der Waals surface area contributed by atoms with Gasteiger partial charge < -0.3 is 14.0 Å². The first-order valence-electron chi connectivity index (χ1n) is 10.9. The highest BCUT2D eigenvalue weighted by atomic mass is 31.2. The van der Waals surface area contributed by atoms with E-state index >= 15 is 0 Å². The molecule has 0 saturated carbocycles. The average molecular weight is 510 g/mol. The number of likely N-dealkylation sites (tertiary alicyclic amines) is 1. The Morgan fingerprint density at radius 1 is 1.11 bits per heavy atom. The van der Waals surface area contributed by atoms with Crippen molar-refractivity contribution in [1.82, 2.24) is 19.7 Å². The zero-order valence-electron chi connectivity index (χ0n) is 20.0. The van der Waals surface area contributed by atoms with Crippen molar-refractivity contribution in [2.24, 2.45) is 0 Å². The van der Waals surface area contributed by atoms with Gasteiger partial charge in [0.25, 0.3) is 0 Å². The molecule has 1 saturated heterocycles. The second-order valence-corrected chi connectivity index (χ2v) is 12.9. The first kappa shape index (κ1) is 25.0. The van der Waals surface area contributed by atoms with Crippen LogP contribution in [0.1, 0.15) is 38.9 Å². The van der Waals surface area contributed by atoms with E-state index in [1.807, 2.05) is 0 Å². The first-order chi connectivity index (χ1) is 16.1. The Balaban J connectivity index is 1.81. The Morgan fingerprint density at radius 2 is 1.77 bits per heavy atom. The summed E-state index contributed by atoms with van der Waals surface area (Å²) in [6, 6.07) is 6.47. The standard InChI is InChI=1S/C23H26F3N4O4P/c1-22(2,3)34-21(31)29-13-11-16(29)19-18-17(35(4,5)32)10-12-27-20(18)30(28-19)14-6-8-15(9-7-14)33-23(24,25)26/h6-10,12,16H,11,13H2,1-5H3. The lowest BCUT2D eigenvalue weighted by Gasteiger charge is -2.40. The predicted octanol–water partition coefficient (Wildman–Crippen LogP) is 5.25. The molecule has 0 spiro atoms. The molecule has 0 N–H and O–H groups in total. The van der Waals surface area contributed by atoms with E-state index < -0.39 is 31.2 Å². The van der Waals surface area contributed by atoms with Crippen LogP contribution in [0.2, 0.25) is 0 Å². The van der Waals surface area contributed by atoms with Crippen LogP contribution in [0.5, 0.6) is 5.75 Å². The molecule has 2 aromatic heterocycles. The average Bonchev–Trinajstić information content (AvgIpc) is 3.03. The van der Waals surface area contributed by atoms with Crippen molar-refractivity contribution in [3.8, 4) is 11.4 Å². The first-order valence-corrected chi connectivity index (χ1v) is 13.5. The van der Waals surface area contributed by atoms with Gasteiger partial charge in [0.05, 0.1) is 22.8 Å². The Morgan fingerprint density at radius 3 is 2.29 bits per heavy atom. The summed E-state index contributed by atoms with van der Waals surface area (Å²) in [5.41, 5.74) is 0.668. The van der Waals surface area contributed by atoms with Crippen LogP contribution in [-0.2, 0) is 9.30 Å². The van der Waals surface area contributed by atoms with Gasteiger partial charge in [-0.1, -0.05) is 0 Å². The number of amides is 1. The lowest BCUT2D eigenvalue weighted by Crippen LogP contribution is -2.47. The number of hydrogen-bond acceptors (Lipinski definition) is 6. The number of rotatable bonds is 4. The summed E-state index contributed by atoms with van der Waals surface area (Å²) in [6.45, 7) is 9.09. The number of aromatic nitrogens is 3. The van der Waals surface area contributed by atoms with E-state index in [2.05, 4.69) is 9.72 Å². The molecule has 8 nitrogen and oxygen atoms in total. The minimum atomic E-state index is -4.80. The van der Waals surface area contributed by atoms with Crippen molar-refractivity contribution >= 4 is 29.6 Å². The van der Waals surface area contributed by atoms with Crippen molar-refractivity contribution in [2.45, 2.75) is 45.2 Å². The van der Waals surface area contributed by atoms with E-state index in [0.29, 0.717) is 40.7 Å². The molecule has 3 heterocycles.